The molecule has 2 heteroatoms. The zero-order valence-electron chi connectivity index (χ0n) is 10.7. The maximum Gasteiger partial charge on any atom is 0.138 e. The highest BCUT2D eigenvalue weighted by Crippen LogP contribution is 2.35. The number of hydrogen-bond donors (Lipinski definition) is 0. The highest BCUT2D eigenvalue weighted by Gasteiger charge is 2.28. The lowest BCUT2D eigenvalue weighted by Gasteiger charge is -2.25. The molecule has 1 aliphatic heterocycles. The van der Waals surface area contributed by atoms with E-state index in [9.17, 15) is 4.79 Å². The SMILES string of the molecule is O=C(CC1CCCc2ccccc21)C1CCOC1. The number of carbonyl (C=O) groups excluding carboxylic acids is 1. The summed E-state index contributed by atoms with van der Waals surface area (Å²) in [6.07, 6.45) is 5.19. The van der Waals surface area contributed by atoms with E-state index in [4.69, 9.17) is 4.74 Å². The summed E-state index contributed by atoms with van der Waals surface area (Å²) >= 11 is 0. The molecule has 2 unspecified atom stereocenters. The number of ether oxygens (including phenoxy) is 1. The van der Waals surface area contributed by atoms with E-state index < -0.39 is 0 Å². The lowest BCUT2D eigenvalue weighted by atomic mass is 9.79. The normalized spacial score (nSPS) is 26.9. The monoisotopic (exact) mass is 244 g/mol. The van der Waals surface area contributed by atoms with Gasteiger partial charge >= 0.3 is 0 Å². The van der Waals surface area contributed by atoms with Crippen molar-refractivity contribution in [3.8, 4) is 0 Å². The summed E-state index contributed by atoms with van der Waals surface area (Å²) in [5.41, 5.74) is 2.86. The number of carbonyl (C=O) groups is 1. The van der Waals surface area contributed by atoms with Crippen molar-refractivity contribution in [3.05, 3.63) is 35.4 Å². The highest BCUT2D eigenvalue weighted by molar-refractivity contribution is 5.82. The first-order chi connectivity index (χ1) is 8.84. The zero-order chi connectivity index (χ0) is 12.4. The number of aryl methyl sites for hydroxylation is 1. The average molecular weight is 244 g/mol. The predicted octanol–water partition coefficient (Wildman–Crippen LogP) is 3.10. The minimum absolute atomic E-state index is 0.166. The Labute approximate surface area is 108 Å². The molecule has 0 saturated carbocycles. The summed E-state index contributed by atoms with van der Waals surface area (Å²) in [5, 5.41) is 0. The van der Waals surface area contributed by atoms with Gasteiger partial charge in [0.25, 0.3) is 0 Å². The molecule has 1 aromatic carbocycles. The molecule has 1 fully saturated rings. The number of ketones is 1. The second kappa shape index (κ2) is 5.23. The Kier molecular flexibility index (Phi) is 3.46. The molecule has 1 saturated heterocycles. The number of rotatable bonds is 3. The van der Waals surface area contributed by atoms with Gasteiger partial charge in [0.05, 0.1) is 6.61 Å². The van der Waals surface area contributed by atoms with E-state index in [2.05, 4.69) is 24.3 Å². The molecule has 3 rings (SSSR count). The number of hydrogen-bond acceptors (Lipinski definition) is 2. The van der Waals surface area contributed by atoms with Crippen LogP contribution in [0.25, 0.3) is 0 Å². The Hall–Kier alpha value is -1.15. The Morgan fingerprint density at radius 2 is 2.17 bits per heavy atom. The Balaban J connectivity index is 1.72. The molecular weight excluding hydrogens is 224 g/mol. The second-order valence-corrected chi connectivity index (χ2v) is 5.52. The standard InChI is InChI=1S/C16H20O2/c17-16(14-8-9-18-11-14)10-13-6-3-5-12-4-1-2-7-15(12)13/h1-2,4,7,13-14H,3,5-6,8-11H2. The van der Waals surface area contributed by atoms with Gasteiger partial charge in [0, 0.05) is 18.9 Å². The van der Waals surface area contributed by atoms with Crippen LogP contribution in [0.1, 0.15) is 42.7 Å². The lowest BCUT2D eigenvalue weighted by molar-refractivity contribution is -0.123. The van der Waals surface area contributed by atoms with Crippen LogP contribution in [0.3, 0.4) is 0 Å². The first-order valence-electron chi connectivity index (χ1n) is 7.03. The maximum absolute atomic E-state index is 12.2. The van der Waals surface area contributed by atoms with Crippen LogP contribution in [0.5, 0.6) is 0 Å². The van der Waals surface area contributed by atoms with Crippen LogP contribution >= 0.6 is 0 Å². The van der Waals surface area contributed by atoms with Crippen molar-refractivity contribution in [2.24, 2.45) is 5.92 Å². The molecule has 1 aliphatic carbocycles. The van der Waals surface area contributed by atoms with Gasteiger partial charge in [-0.1, -0.05) is 24.3 Å². The van der Waals surface area contributed by atoms with Gasteiger partial charge in [0.2, 0.25) is 0 Å². The van der Waals surface area contributed by atoms with Crippen LogP contribution in [0.4, 0.5) is 0 Å². The van der Waals surface area contributed by atoms with E-state index in [0.29, 0.717) is 24.7 Å². The molecule has 0 spiro atoms. The fourth-order valence-electron chi connectivity index (χ4n) is 3.26. The van der Waals surface area contributed by atoms with Crippen molar-refractivity contribution in [2.75, 3.05) is 13.2 Å². The minimum atomic E-state index is 0.166. The van der Waals surface area contributed by atoms with Gasteiger partial charge in [-0.15, -0.1) is 0 Å². The molecule has 1 heterocycles. The molecule has 0 N–H and O–H groups in total. The first-order valence-corrected chi connectivity index (χ1v) is 7.03. The number of benzene rings is 1. The molecular formula is C16H20O2. The summed E-state index contributed by atoms with van der Waals surface area (Å²) in [4.78, 5) is 12.2. The minimum Gasteiger partial charge on any atom is -0.381 e. The van der Waals surface area contributed by atoms with Crippen molar-refractivity contribution in [3.63, 3.8) is 0 Å². The van der Waals surface area contributed by atoms with E-state index in [1.807, 2.05) is 0 Å². The van der Waals surface area contributed by atoms with Gasteiger partial charge in [0.15, 0.2) is 0 Å². The smallest absolute Gasteiger partial charge is 0.138 e. The van der Waals surface area contributed by atoms with Crippen LogP contribution in [0.2, 0.25) is 0 Å². The molecule has 2 aliphatic rings. The average Bonchev–Trinajstić information content (AvgIpc) is 2.93. The molecule has 2 atom stereocenters. The van der Waals surface area contributed by atoms with Gasteiger partial charge in [-0.25, -0.2) is 0 Å². The van der Waals surface area contributed by atoms with E-state index in [1.54, 1.807) is 0 Å². The van der Waals surface area contributed by atoms with Crippen LogP contribution in [-0.2, 0) is 16.0 Å². The fraction of sp³-hybridized carbons (Fsp3) is 0.562. The molecule has 2 nitrogen and oxygen atoms in total. The molecule has 0 amide bonds. The van der Waals surface area contributed by atoms with Crippen LogP contribution < -0.4 is 0 Å². The van der Waals surface area contributed by atoms with E-state index >= 15 is 0 Å². The largest absolute Gasteiger partial charge is 0.381 e. The Morgan fingerprint density at radius 3 is 3.00 bits per heavy atom. The van der Waals surface area contributed by atoms with Crippen molar-refractivity contribution in [1.82, 2.24) is 0 Å². The van der Waals surface area contributed by atoms with Crippen molar-refractivity contribution < 1.29 is 9.53 Å². The third-order valence-electron chi connectivity index (χ3n) is 4.33. The zero-order valence-corrected chi connectivity index (χ0v) is 10.7. The quantitative estimate of drug-likeness (QED) is 0.816. The summed E-state index contributed by atoms with van der Waals surface area (Å²) < 4.78 is 5.32. The summed E-state index contributed by atoms with van der Waals surface area (Å²) in [5.74, 6) is 1.02. The molecule has 18 heavy (non-hydrogen) atoms. The highest BCUT2D eigenvalue weighted by atomic mass is 16.5. The van der Waals surface area contributed by atoms with Crippen molar-refractivity contribution in [2.45, 2.75) is 38.0 Å². The van der Waals surface area contributed by atoms with E-state index in [0.717, 1.165) is 19.4 Å². The van der Waals surface area contributed by atoms with Crippen molar-refractivity contribution >= 4 is 5.78 Å². The summed E-state index contributed by atoms with van der Waals surface area (Å²) in [6.45, 7) is 1.41. The van der Waals surface area contributed by atoms with Gasteiger partial charge in [-0.2, -0.15) is 0 Å². The summed E-state index contributed by atoms with van der Waals surface area (Å²) in [6, 6.07) is 8.62. The second-order valence-electron chi connectivity index (χ2n) is 5.52. The number of fused-ring (bicyclic) bond motifs is 1. The maximum atomic E-state index is 12.2. The fourth-order valence-corrected chi connectivity index (χ4v) is 3.26. The molecule has 0 radical (unpaired) electrons. The molecule has 1 aromatic rings. The number of Topliss-reactive ketones (excluding diaryl/α,β-unsaturated/α-hetero) is 1. The van der Waals surface area contributed by atoms with E-state index in [-0.39, 0.29) is 5.92 Å². The third-order valence-corrected chi connectivity index (χ3v) is 4.33. The van der Waals surface area contributed by atoms with Gasteiger partial charge in [-0.05, 0) is 42.7 Å². The first kappa shape index (κ1) is 11.9. The predicted molar refractivity (Wildman–Crippen MR) is 70.7 cm³/mol. The molecule has 96 valence electrons. The van der Waals surface area contributed by atoms with Gasteiger partial charge in [0.1, 0.15) is 5.78 Å². The van der Waals surface area contributed by atoms with Crippen LogP contribution in [0.15, 0.2) is 24.3 Å². The van der Waals surface area contributed by atoms with Gasteiger partial charge < -0.3 is 4.74 Å². The van der Waals surface area contributed by atoms with Crippen LogP contribution in [0, 0.1) is 5.92 Å². The Morgan fingerprint density at radius 1 is 1.28 bits per heavy atom. The van der Waals surface area contributed by atoms with E-state index in [1.165, 1.54) is 24.0 Å². The topological polar surface area (TPSA) is 26.3 Å². The van der Waals surface area contributed by atoms with Crippen LogP contribution in [-0.4, -0.2) is 19.0 Å². The lowest BCUT2D eigenvalue weighted by Crippen LogP contribution is -2.20. The Bertz CT molecular complexity index is 432. The molecule has 0 bridgehead atoms. The molecule has 0 aromatic heterocycles. The van der Waals surface area contributed by atoms with Crippen molar-refractivity contribution in [1.29, 1.82) is 0 Å². The third kappa shape index (κ3) is 2.35. The summed E-state index contributed by atoms with van der Waals surface area (Å²) in [7, 11) is 0. The van der Waals surface area contributed by atoms with Gasteiger partial charge in [-0.3, -0.25) is 4.79 Å².